The van der Waals surface area contributed by atoms with Gasteiger partial charge in [0.1, 0.15) is 12.2 Å². The van der Waals surface area contributed by atoms with Gasteiger partial charge >= 0.3 is 0 Å². The smallest absolute Gasteiger partial charge is 0.283 e. The van der Waals surface area contributed by atoms with Gasteiger partial charge in [-0.2, -0.15) is 5.10 Å². The number of carbonyl (C=O) groups is 2. The van der Waals surface area contributed by atoms with Crippen molar-refractivity contribution in [2.75, 3.05) is 5.32 Å². The highest BCUT2D eigenvalue weighted by Gasteiger charge is 2.21. The number of hydrogen-bond donors (Lipinski definition) is 1. The maximum Gasteiger partial charge on any atom is 0.283 e. The predicted octanol–water partition coefficient (Wildman–Crippen LogP) is 3.62. The Kier molecular flexibility index (Phi) is 5.10. The number of hydrogen-bond acceptors (Lipinski definition) is 3. The predicted molar refractivity (Wildman–Crippen MR) is 82.0 cm³/mol. The van der Waals surface area contributed by atoms with Crippen molar-refractivity contribution in [1.29, 1.82) is 0 Å². The van der Waals surface area contributed by atoms with Gasteiger partial charge in [0.05, 0.1) is 10.7 Å². The van der Waals surface area contributed by atoms with E-state index >= 15 is 0 Å². The second kappa shape index (κ2) is 6.87. The molecule has 0 unspecified atom stereocenters. The molecule has 0 aliphatic rings. The van der Waals surface area contributed by atoms with Crippen molar-refractivity contribution in [2.24, 2.45) is 0 Å². The zero-order chi connectivity index (χ0) is 17.1. The van der Waals surface area contributed by atoms with Gasteiger partial charge in [-0.3, -0.25) is 14.3 Å². The summed E-state index contributed by atoms with van der Waals surface area (Å²) in [5, 5.41) is 6.12. The molecule has 2 rings (SSSR count). The van der Waals surface area contributed by atoms with E-state index in [1.807, 2.05) is 0 Å². The van der Waals surface area contributed by atoms with Gasteiger partial charge in [-0.15, -0.1) is 0 Å². The molecule has 1 heterocycles. The van der Waals surface area contributed by atoms with Crippen LogP contribution in [0.15, 0.2) is 24.3 Å². The number of alkyl halides is 2. The van der Waals surface area contributed by atoms with Crippen LogP contribution in [-0.2, 0) is 11.3 Å². The van der Waals surface area contributed by atoms with Crippen LogP contribution < -0.4 is 5.32 Å². The molecular formula is C15H14ClF2N3O2. The summed E-state index contributed by atoms with van der Waals surface area (Å²) in [5.74, 6) is -0.520. The lowest BCUT2D eigenvalue weighted by molar-refractivity contribution is -0.117. The molecule has 2 aromatic rings. The van der Waals surface area contributed by atoms with Crippen molar-refractivity contribution in [3.8, 4) is 0 Å². The lowest BCUT2D eigenvalue weighted by Gasteiger charge is -2.07. The molecule has 122 valence electrons. The van der Waals surface area contributed by atoms with E-state index in [-0.39, 0.29) is 17.4 Å². The first-order chi connectivity index (χ1) is 10.8. The molecule has 8 heteroatoms. The first-order valence-electron chi connectivity index (χ1n) is 6.71. The molecule has 0 saturated heterocycles. The molecule has 1 aromatic carbocycles. The van der Waals surface area contributed by atoms with Crippen molar-refractivity contribution in [3.05, 3.63) is 46.2 Å². The van der Waals surface area contributed by atoms with Crippen molar-refractivity contribution >= 4 is 29.0 Å². The van der Waals surface area contributed by atoms with E-state index in [1.54, 1.807) is 24.3 Å². The zero-order valence-electron chi connectivity index (χ0n) is 12.4. The SMILES string of the molecule is CC(=O)c1ccc(NC(=O)Cn2nc(C(F)F)c(Cl)c2C)cc1. The van der Waals surface area contributed by atoms with Crippen molar-refractivity contribution in [3.63, 3.8) is 0 Å². The summed E-state index contributed by atoms with van der Waals surface area (Å²) in [6.45, 7) is 2.71. The standard InChI is InChI=1S/C15H14ClF2N3O2/c1-8-13(16)14(15(17)18)20-21(8)7-12(23)19-11-5-3-10(4-6-11)9(2)22/h3-6,15H,7H2,1-2H3,(H,19,23). The molecular weight excluding hydrogens is 328 g/mol. The average Bonchev–Trinajstić information content (AvgIpc) is 2.76. The van der Waals surface area contributed by atoms with Gasteiger partial charge in [0.25, 0.3) is 6.43 Å². The number of nitrogens with zero attached hydrogens (tertiary/aromatic N) is 2. The Bertz CT molecular complexity index is 742. The van der Waals surface area contributed by atoms with Gasteiger partial charge in [0, 0.05) is 11.3 Å². The molecule has 0 radical (unpaired) electrons. The molecule has 5 nitrogen and oxygen atoms in total. The molecule has 1 aromatic heterocycles. The summed E-state index contributed by atoms with van der Waals surface area (Å²) in [7, 11) is 0. The summed E-state index contributed by atoms with van der Waals surface area (Å²) in [6.07, 6.45) is -2.80. The highest BCUT2D eigenvalue weighted by atomic mass is 35.5. The van der Waals surface area contributed by atoms with Gasteiger partial charge in [0.15, 0.2) is 5.78 Å². The van der Waals surface area contributed by atoms with Crippen LogP contribution in [0.2, 0.25) is 5.02 Å². The van der Waals surface area contributed by atoms with E-state index < -0.39 is 18.0 Å². The fraction of sp³-hybridized carbons (Fsp3) is 0.267. The summed E-state index contributed by atoms with van der Waals surface area (Å²) in [5.41, 5.74) is 0.774. The zero-order valence-corrected chi connectivity index (χ0v) is 13.2. The van der Waals surface area contributed by atoms with Gasteiger partial charge in [0.2, 0.25) is 5.91 Å². The van der Waals surface area contributed by atoms with E-state index in [4.69, 9.17) is 11.6 Å². The van der Waals surface area contributed by atoms with Gasteiger partial charge in [-0.1, -0.05) is 11.6 Å². The van der Waals surface area contributed by atoms with Crippen LogP contribution in [0.4, 0.5) is 14.5 Å². The molecule has 23 heavy (non-hydrogen) atoms. The lowest BCUT2D eigenvalue weighted by atomic mass is 10.1. The summed E-state index contributed by atoms with van der Waals surface area (Å²) in [4.78, 5) is 23.1. The third-order valence-corrected chi connectivity index (χ3v) is 3.70. The van der Waals surface area contributed by atoms with E-state index in [0.717, 1.165) is 4.68 Å². The highest BCUT2D eigenvalue weighted by Crippen LogP contribution is 2.28. The van der Waals surface area contributed by atoms with Crippen molar-refractivity contribution in [2.45, 2.75) is 26.8 Å². The minimum absolute atomic E-state index is 0.0794. The number of anilines is 1. The molecule has 0 aliphatic heterocycles. The first kappa shape index (κ1) is 17.1. The minimum Gasteiger partial charge on any atom is -0.324 e. The van der Waals surface area contributed by atoms with Crippen LogP contribution in [0.25, 0.3) is 0 Å². The van der Waals surface area contributed by atoms with E-state index in [2.05, 4.69) is 10.4 Å². The minimum atomic E-state index is -2.80. The molecule has 0 fully saturated rings. The summed E-state index contributed by atoms with van der Waals surface area (Å²) >= 11 is 5.77. The Hall–Kier alpha value is -2.28. The maximum atomic E-state index is 12.7. The number of rotatable bonds is 5. The third kappa shape index (κ3) is 3.92. The average molecular weight is 342 g/mol. The Morgan fingerprint density at radius 2 is 1.91 bits per heavy atom. The Labute approximate surface area is 136 Å². The molecule has 0 aliphatic carbocycles. The van der Waals surface area contributed by atoms with E-state index in [0.29, 0.717) is 16.9 Å². The number of carbonyl (C=O) groups excluding carboxylic acids is 2. The number of Topliss-reactive ketones (excluding diaryl/α,β-unsaturated/α-hetero) is 1. The molecule has 0 spiro atoms. The third-order valence-electron chi connectivity index (χ3n) is 3.23. The van der Waals surface area contributed by atoms with Crippen molar-refractivity contribution in [1.82, 2.24) is 9.78 Å². The van der Waals surface area contributed by atoms with Crippen molar-refractivity contribution < 1.29 is 18.4 Å². The first-order valence-corrected chi connectivity index (χ1v) is 7.09. The van der Waals surface area contributed by atoms with Crippen LogP contribution in [0.3, 0.4) is 0 Å². The van der Waals surface area contributed by atoms with Gasteiger partial charge < -0.3 is 5.32 Å². The maximum absolute atomic E-state index is 12.7. The fourth-order valence-electron chi connectivity index (χ4n) is 1.97. The molecule has 1 N–H and O–H groups in total. The highest BCUT2D eigenvalue weighted by molar-refractivity contribution is 6.31. The number of ketones is 1. The second-order valence-corrected chi connectivity index (χ2v) is 5.30. The van der Waals surface area contributed by atoms with Gasteiger partial charge in [-0.05, 0) is 38.1 Å². The van der Waals surface area contributed by atoms with Crippen LogP contribution in [0.1, 0.15) is 35.1 Å². The van der Waals surface area contributed by atoms with E-state index in [1.165, 1.54) is 13.8 Å². The van der Waals surface area contributed by atoms with Crippen LogP contribution in [-0.4, -0.2) is 21.5 Å². The Morgan fingerprint density at radius 3 is 2.39 bits per heavy atom. The quantitative estimate of drug-likeness (QED) is 0.845. The van der Waals surface area contributed by atoms with Crippen LogP contribution >= 0.6 is 11.6 Å². The van der Waals surface area contributed by atoms with E-state index in [9.17, 15) is 18.4 Å². The van der Waals surface area contributed by atoms with Gasteiger partial charge in [-0.25, -0.2) is 8.78 Å². The summed E-state index contributed by atoms with van der Waals surface area (Å²) < 4.78 is 26.6. The Morgan fingerprint density at radius 1 is 1.30 bits per heavy atom. The number of benzene rings is 1. The normalized spacial score (nSPS) is 10.9. The largest absolute Gasteiger partial charge is 0.324 e. The number of halogens is 3. The van der Waals surface area contributed by atoms with Crippen LogP contribution in [0, 0.1) is 6.92 Å². The summed E-state index contributed by atoms with van der Waals surface area (Å²) in [6, 6.07) is 6.34. The molecule has 0 saturated carbocycles. The van der Waals surface area contributed by atoms with Crippen LogP contribution in [0.5, 0.6) is 0 Å². The Balaban J connectivity index is 2.08. The monoisotopic (exact) mass is 341 g/mol. The molecule has 1 amide bonds. The number of aromatic nitrogens is 2. The fourth-order valence-corrected chi connectivity index (χ4v) is 2.18. The lowest BCUT2D eigenvalue weighted by Crippen LogP contribution is -2.20. The molecule has 0 bridgehead atoms. The number of amides is 1. The number of nitrogens with one attached hydrogen (secondary N) is 1. The molecule has 0 atom stereocenters. The second-order valence-electron chi connectivity index (χ2n) is 4.92. The topological polar surface area (TPSA) is 64.0 Å².